The fourth-order valence-corrected chi connectivity index (χ4v) is 4.02. The summed E-state index contributed by atoms with van der Waals surface area (Å²) in [6.45, 7) is 1.54. The predicted molar refractivity (Wildman–Crippen MR) is 93.6 cm³/mol. The third-order valence-corrected chi connectivity index (χ3v) is 5.57. The number of carboxylic acid groups (broad SMARTS) is 1. The first kappa shape index (κ1) is 17.6. The number of fused-ring (bicyclic) bond motifs is 1. The summed E-state index contributed by atoms with van der Waals surface area (Å²) in [6.07, 6.45) is 2.33. The van der Waals surface area contributed by atoms with Crippen LogP contribution in [0, 0.1) is 5.92 Å². The van der Waals surface area contributed by atoms with Gasteiger partial charge in [-0.05, 0) is 43.9 Å². The first-order chi connectivity index (χ1) is 13.0. The van der Waals surface area contributed by atoms with Gasteiger partial charge in [0.25, 0.3) is 5.91 Å². The average Bonchev–Trinajstić information content (AvgIpc) is 3.35. The van der Waals surface area contributed by atoms with Crippen LogP contribution in [0.1, 0.15) is 36.0 Å². The van der Waals surface area contributed by atoms with Crippen LogP contribution in [0.5, 0.6) is 11.5 Å². The molecule has 2 amide bonds. The molecule has 1 unspecified atom stereocenters. The number of carbonyl (C=O) groups excluding carboxylic acids is 2. The van der Waals surface area contributed by atoms with Crippen molar-refractivity contribution in [2.45, 2.75) is 31.7 Å². The van der Waals surface area contributed by atoms with E-state index in [0.29, 0.717) is 56.0 Å². The summed E-state index contributed by atoms with van der Waals surface area (Å²) in [4.78, 5) is 40.3. The Morgan fingerprint density at radius 3 is 2.48 bits per heavy atom. The molecule has 3 heterocycles. The second kappa shape index (κ2) is 7.09. The number of nitrogens with zero attached hydrogens (tertiary/aromatic N) is 2. The monoisotopic (exact) mass is 374 g/mol. The molecule has 0 radical (unpaired) electrons. The number of carboxylic acids is 1. The van der Waals surface area contributed by atoms with E-state index in [1.165, 1.54) is 0 Å². The van der Waals surface area contributed by atoms with Gasteiger partial charge in [-0.2, -0.15) is 0 Å². The van der Waals surface area contributed by atoms with E-state index in [4.69, 9.17) is 14.6 Å². The van der Waals surface area contributed by atoms with Gasteiger partial charge in [0.1, 0.15) is 6.04 Å². The van der Waals surface area contributed by atoms with Crippen LogP contribution >= 0.6 is 0 Å². The van der Waals surface area contributed by atoms with Gasteiger partial charge < -0.3 is 24.4 Å². The summed E-state index contributed by atoms with van der Waals surface area (Å²) in [5.41, 5.74) is 0.475. The number of ether oxygens (including phenoxy) is 2. The number of carbonyl (C=O) groups is 3. The molecule has 27 heavy (non-hydrogen) atoms. The maximum absolute atomic E-state index is 13.0. The minimum Gasteiger partial charge on any atom is -0.481 e. The molecule has 2 fully saturated rings. The largest absolute Gasteiger partial charge is 0.481 e. The lowest BCUT2D eigenvalue weighted by Crippen LogP contribution is -2.50. The Morgan fingerprint density at radius 2 is 1.74 bits per heavy atom. The number of hydrogen-bond donors (Lipinski definition) is 1. The van der Waals surface area contributed by atoms with Gasteiger partial charge in [-0.1, -0.05) is 0 Å². The molecule has 3 aliphatic rings. The number of piperidine rings is 1. The van der Waals surface area contributed by atoms with Gasteiger partial charge in [0.15, 0.2) is 11.5 Å². The predicted octanol–water partition coefficient (Wildman–Crippen LogP) is 1.34. The summed E-state index contributed by atoms with van der Waals surface area (Å²) in [7, 11) is 0. The van der Waals surface area contributed by atoms with Crippen LogP contribution in [0.4, 0.5) is 0 Å². The molecule has 3 aliphatic heterocycles. The Morgan fingerprint density at radius 1 is 1.00 bits per heavy atom. The van der Waals surface area contributed by atoms with Crippen molar-refractivity contribution in [3.05, 3.63) is 23.8 Å². The lowest BCUT2D eigenvalue weighted by atomic mass is 9.96. The SMILES string of the molecule is O=C(O)C1CCN(C(=O)C2CCCN2C(=O)c2ccc3c(c2)OCO3)CC1. The topological polar surface area (TPSA) is 96.4 Å². The highest BCUT2D eigenvalue weighted by molar-refractivity contribution is 5.98. The lowest BCUT2D eigenvalue weighted by Gasteiger charge is -2.34. The zero-order valence-corrected chi connectivity index (χ0v) is 14.9. The summed E-state index contributed by atoms with van der Waals surface area (Å²) < 4.78 is 10.6. The van der Waals surface area contributed by atoms with Crippen LogP contribution in [0.3, 0.4) is 0 Å². The second-order valence-corrected chi connectivity index (χ2v) is 7.16. The maximum Gasteiger partial charge on any atom is 0.306 e. The molecule has 1 N–H and O–H groups in total. The summed E-state index contributed by atoms with van der Waals surface area (Å²) in [5.74, 6) is -0.304. The molecule has 0 aromatic heterocycles. The number of rotatable bonds is 3. The van der Waals surface area contributed by atoms with E-state index >= 15 is 0 Å². The minimum absolute atomic E-state index is 0.0783. The molecule has 1 aromatic rings. The summed E-state index contributed by atoms with van der Waals surface area (Å²) >= 11 is 0. The highest BCUT2D eigenvalue weighted by atomic mass is 16.7. The Balaban J connectivity index is 1.45. The van der Waals surface area contributed by atoms with Crippen molar-refractivity contribution in [3.63, 3.8) is 0 Å². The molecule has 4 rings (SSSR count). The molecular formula is C19H22N2O6. The lowest BCUT2D eigenvalue weighted by molar-refractivity contribution is -0.146. The van der Waals surface area contributed by atoms with Crippen LogP contribution < -0.4 is 9.47 Å². The Hall–Kier alpha value is -2.77. The maximum atomic E-state index is 13.0. The zero-order chi connectivity index (χ0) is 19.0. The van der Waals surface area contributed by atoms with Crippen LogP contribution in [-0.2, 0) is 9.59 Å². The molecular weight excluding hydrogens is 352 g/mol. The molecule has 2 saturated heterocycles. The highest BCUT2D eigenvalue weighted by Gasteiger charge is 2.38. The van der Waals surface area contributed by atoms with E-state index in [1.54, 1.807) is 28.0 Å². The average molecular weight is 374 g/mol. The quantitative estimate of drug-likeness (QED) is 0.858. The van der Waals surface area contributed by atoms with Crippen molar-refractivity contribution in [2.75, 3.05) is 26.4 Å². The molecule has 144 valence electrons. The summed E-state index contributed by atoms with van der Waals surface area (Å²) in [6, 6.07) is 4.57. The standard InChI is InChI=1S/C19H22N2O6/c22-17(13-3-4-15-16(10-13)27-11-26-15)21-7-1-2-14(21)18(23)20-8-5-12(6-9-20)19(24)25/h3-4,10,12,14H,1-2,5-9,11H2,(H,24,25). The fraction of sp³-hybridized carbons (Fsp3) is 0.526. The first-order valence-corrected chi connectivity index (χ1v) is 9.27. The van der Waals surface area contributed by atoms with Crippen LogP contribution in [0.2, 0.25) is 0 Å². The zero-order valence-electron chi connectivity index (χ0n) is 14.9. The van der Waals surface area contributed by atoms with Crippen molar-refractivity contribution in [3.8, 4) is 11.5 Å². The third-order valence-electron chi connectivity index (χ3n) is 5.57. The molecule has 1 atom stereocenters. The van der Waals surface area contributed by atoms with E-state index in [9.17, 15) is 14.4 Å². The Bertz CT molecular complexity index is 771. The van der Waals surface area contributed by atoms with Gasteiger partial charge >= 0.3 is 5.97 Å². The minimum atomic E-state index is -0.803. The van der Waals surface area contributed by atoms with E-state index < -0.39 is 12.0 Å². The van der Waals surface area contributed by atoms with E-state index in [2.05, 4.69) is 0 Å². The molecule has 0 saturated carbocycles. The highest BCUT2D eigenvalue weighted by Crippen LogP contribution is 2.33. The molecule has 1 aromatic carbocycles. The second-order valence-electron chi connectivity index (χ2n) is 7.16. The van der Waals surface area contributed by atoms with Gasteiger partial charge in [0.05, 0.1) is 5.92 Å². The van der Waals surface area contributed by atoms with Gasteiger partial charge in [-0.3, -0.25) is 14.4 Å². The summed E-state index contributed by atoms with van der Waals surface area (Å²) in [5, 5.41) is 9.11. The smallest absolute Gasteiger partial charge is 0.306 e. The molecule has 8 nitrogen and oxygen atoms in total. The van der Waals surface area contributed by atoms with Crippen molar-refractivity contribution >= 4 is 17.8 Å². The van der Waals surface area contributed by atoms with Crippen molar-refractivity contribution in [1.29, 1.82) is 0 Å². The van der Waals surface area contributed by atoms with Crippen molar-refractivity contribution in [2.24, 2.45) is 5.92 Å². The fourth-order valence-electron chi connectivity index (χ4n) is 4.02. The van der Waals surface area contributed by atoms with Gasteiger partial charge in [0.2, 0.25) is 12.7 Å². The molecule has 0 spiro atoms. The number of aliphatic carboxylic acids is 1. The number of benzene rings is 1. The first-order valence-electron chi connectivity index (χ1n) is 9.27. The number of likely N-dealkylation sites (tertiary alicyclic amines) is 2. The van der Waals surface area contributed by atoms with Crippen LogP contribution in [0.25, 0.3) is 0 Å². The number of hydrogen-bond acceptors (Lipinski definition) is 5. The van der Waals surface area contributed by atoms with E-state index in [0.717, 1.165) is 6.42 Å². The van der Waals surface area contributed by atoms with Crippen molar-refractivity contribution in [1.82, 2.24) is 9.80 Å². The van der Waals surface area contributed by atoms with E-state index in [-0.39, 0.29) is 24.5 Å². The normalized spacial score (nSPS) is 22.1. The van der Waals surface area contributed by atoms with Gasteiger partial charge in [-0.25, -0.2) is 0 Å². The third kappa shape index (κ3) is 3.31. The Labute approximate surface area is 156 Å². The molecule has 8 heteroatoms. The van der Waals surface area contributed by atoms with Crippen LogP contribution in [0.15, 0.2) is 18.2 Å². The van der Waals surface area contributed by atoms with E-state index in [1.807, 2.05) is 0 Å². The molecule has 0 aliphatic carbocycles. The van der Waals surface area contributed by atoms with Crippen molar-refractivity contribution < 1.29 is 29.0 Å². The molecule has 0 bridgehead atoms. The van der Waals surface area contributed by atoms with Crippen LogP contribution in [-0.4, -0.2) is 65.2 Å². The van der Waals surface area contributed by atoms with Gasteiger partial charge in [0, 0.05) is 25.2 Å². The van der Waals surface area contributed by atoms with Gasteiger partial charge in [-0.15, -0.1) is 0 Å². The number of amides is 2. The Kier molecular flexibility index (Phi) is 4.63.